The van der Waals surface area contributed by atoms with E-state index in [2.05, 4.69) is 17.1 Å². The van der Waals surface area contributed by atoms with Gasteiger partial charge in [-0.1, -0.05) is 54.6 Å². The van der Waals surface area contributed by atoms with E-state index in [1.807, 2.05) is 71.3 Å². The molecule has 4 aromatic rings. The smallest absolute Gasteiger partial charge is 0.246 e. The Labute approximate surface area is 152 Å². The van der Waals surface area contributed by atoms with E-state index >= 15 is 0 Å². The number of carbonyl (C=O) groups is 1. The fourth-order valence-corrected chi connectivity index (χ4v) is 3.04. The highest BCUT2D eigenvalue weighted by Gasteiger charge is 2.13. The zero-order chi connectivity index (χ0) is 17.9. The van der Waals surface area contributed by atoms with Crippen LogP contribution < -0.4 is 4.90 Å². The van der Waals surface area contributed by atoms with E-state index in [0.717, 1.165) is 27.8 Å². The lowest BCUT2D eigenvalue weighted by molar-refractivity contribution is -0.118. The number of likely N-dealkylation sites (N-methyl/N-ethyl adjacent to an activating group) is 1. The summed E-state index contributed by atoms with van der Waals surface area (Å²) in [7, 11) is 1.80. The Morgan fingerprint density at radius 2 is 1.54 bits per heavy atom. The molecule has 1 amide bonds. The molecule has 0 aliphatic carbocycles. The average Bonchev–Trinajstić information content (AvgIpc) is 3.11. The molecular weight excluding hydrogens is 322 g/mol. The summed E-state index contributed by atoms with van der Waals surface area (Å²) in [6, 6.07) is 26.1. The fourth-order valence-electron chi connectivity index (χ4n) is 3.04. The van der Waals surface area contributed by atoms with Crippen LogP contribution in [-0.2, 0) is 11.3 Å². The van der Waals surface area contributed by atoms with Crippen molar-refractivity contribution in [1.82, 2.24) is 9.55 Å². The first-order valence-electron chi connectivity index (χ1n) is 8.54. The summed E-state index contributed by atoms with van der Waals surface area (Å²) in [6.07, 6.45) is 1.72. The normalized spacial score (nSPS) is 10.8. The Bertz CT molecular complexity index is 1040. The number of hydrogen-bond acceptors (Lipinski definition) is 2. The first kappa shape index (κ1) is 16.1. The van der Waals surface area contributed by atoms with Gasteiger partial charge in [0.15, 0.2) is 0 Å². The van der Waals surface area contributed by atoms with Crippen LogP contribution in [0.5, 0.6) is 0 Å². The fraction of sp³-hybridized carbons (Fsp3) is 0.0909. The van der Waals surface area contributed by atoms with Crippen LogP contribution >= 0.6 is 0 Å². The van der Waals surface area contributed by atoms with Gasteiger partial charge in [-0.15, -0.1) is 0 Å². The van der Waals surface area contributed by atoms with Crippen LogP contribution in [0.1, 0.15) is 0 Å². The molecule has 1 heterocycles. The van der Waals surface area contributed by atoms with Crippen molar-refractivity contribution in [3.05, 3.63) is 85.2 Å². The topological polar surface area (TPSA) is 38.1 Å². The molecule has 4 rings (SSSR count). The van der Waals surface area contributed by atoms with Crippen LogP contribution in [0.15, 0.2) is 85.2 Å². The van der Waals surface area contributed by atoms with Gasteiger partial charge in [-0.2, -0.15) is 0 Å². The van der Waals surface area contributed by atoms with Gasteiger partial charge in [0.1, 0.15) is 6.54 Å². The summed E-state index contributed by atoms with van der Waals surface area (Å²) < 4.78 is 1.88. The number of carbonyl (C=O) groups excluding carboxylic acids is 1. The number of fused-ring (bicyclic) bond motifs is 1. The molecule has 0 fully saturated rings. The first-order chi connectivity index (χ1) is 12.7. The quantitative estimate of drug-likeness (QED) is 0.553. The summed E-state index contributed by atoms with van der Waals surface area (Å²) in [4.78, 5) is 18.7. The molecule has 4 heteroatoms. The van der Waals surface area contributed by atoms with Crippen LogP contribution in [0.25, 0.3) is 22.2 Å². The van der Waals surface area contributed by atoms with Crippen molar-refractivity contribution >= 4 is 22.6 Å². The number of aromatic nitrogens is 2. The first-order valence-corrected chi connectivity index (χ1v) is 8.54. The zero-order valence-corrected chi connectivity index (χ0v) is 14.5. The van der Waals surface area contributed by atoms with E-state index in [-0.39, 0.29) is 12.5 Å². The number of hydrogen-bond donors (Lipinski definition) is 0. The number of nitrogens with zero attached hydrogens (tertiary/aromatic N) is 3. The average molecular weight is 341 g/mol. The molecule has 0 atom stereocenters. The lowest BCUT2D eigenvalue weighted by Gasteiger charge is -2.18. The van der Waals surface area contributed by atoms with E-state index in [4.69, 9.17) is 0 Å². The predicted molar refractivity (Wildman–Crippen MR) is 105 cm³/mol. The molecule has 0 unspecified atom stereocenters. The number of imidazole rings is 1. The van der Waals surface area contributed by atoms with Crippen LogP contribution in [0, 0.1) is 0 Å². The number of amides is 1. The van der Waals surface area contributed by atoms with Crippen LogP contribution in [-0.4, -0.2) is 22.5 Å². The van der Waals surface area contributed by atoms with Gasteiger partial charge in [-0.05, 0) is 35.4 Å². The molecular formula is C22H19N3O. The Morgan fingerprint density at radius 1 is 0.885 bits per heavy atom. The minimum atomic E-state index is 0.0145. The molecule has 0 N–H and O–H groups in total. The molecule has 3 aromatic carbocycles. The van der Waals surface area contributed by atoms with Gasteiger partial charge < -0.3 is 9.47 Å². The van der Waals surface area contributed by atoms with Gasteiger partial charge in [-0.25, -0.2) is 4.98 Å². The summed E-state index contributed by atoms with van der Waals surface area (Å²) in [5.74, 6) is 0.0145. The third-order valence-electron chi connectivity index (χ3n) is 4.57. The molecule has 1 aromatic heterocycles. The van der Waals surface area contributed by atoms with Gasteiger partial charge in [0.25, 0.3) is 0 Å². The van der Waals surface area contributed by atoms with E-state index in [0.29, 0.717) is 0 Å². The molecule has 4 nitrogen and oxygen atoms in total. The van der Waals surface area contributed by atoms with Crippen molar-refractivity contribution in [3.8, 4) is 11.1 Å². The third-order valence-corrected chi connectivity index (χ3v) is 4.57. The highest BCUT2D eigenvalue weighted by Crippen LogP contribution is 2.23. The number of rotatable bonds is 4. The Hall–Kier alpha value is -3.40. The molecule has 0 radical (unpaired) electrons. The lowest BCUT2D eigenvalue weighted by Crippen LogP contribution is -2.29. The summed E-state index contributed by atoms with van der Waals surface area (Å²) in [6.45, 7) is 0.261. The van der Waals surface area contributed by atoms with Crippen molar-refractivity contribution in [2.24, 2.45) is 0 Å². The monoisotopic (exact) mass is 341 g/mol. The molecule has 0 bridgehead atoms. The van der Waals surface area contributed by atoms with Gasteiger partial charge in [0.05, 0.1) is 17.4 Å². The van der Waals surface area contributed by atoms with Crippen molar-refractivity contribution in [2.45, 2.75) is 6.54 Å². The van der Waals surface area contributed by atoms with Crippen LogP contribution in [0.4, 0.5) is 5.69 Å². The maximum absolute atomic E-state index is 12.7. The Kier molecular flexibility index (Phi) is 4.23. The van der Waals surface area contributed by atoms with Gasteiger partial charge >= 0.3 is 0 Å². The van der Waals surface area contributed by atoms with Gasteiger partial charge in [-0.3, -0.25) is 4.79 Å². The number of para-hydroxylation sites is 2. The van der Waals surface area contributed by atoms with Crippen LogP contribution in [0.3, 0.4) is 0 Å². The molecule has 0 saturated carbocycles. The van der Waals surface area contributed by atoms with Crippen molar-refractivity contribution in [1.29, 1.82) is 0 Å². The highest BCUT2D eigenvalue weighted by molar-refractivity contribution is 5.93. The largest absolute Gasteiger partial charge is 0.321 e. The maximum Gasteiger partial charge on any atom is 0.246 e. The molecule has 26 heavy (non-hydrogen) atoms. The Morgan fingerprint density at radius 3 is 2.31 bits per heavy atom. The minimum Gasteiger partial charge on any atom is -0.321 e. The maximum atomic E-state index is 12.7. The van der Waals surface area contributed by atoms with Crippen molar-refractivity contribution in [3.63, 3.8) is 0 Å². The minimum absolute atomic E-state index is 0.0145. The SMILES string of the molecule is CN(C(=O)Cn1cnc2ccccc21)c1ccc(-c2ccccc2)cc1. The second-order valence-electron chi connectivity index (χ2n) is 6.23. The molecule has 128 valence electrons. The van der Waals surface area contributed by atoms with E-state index < -0.39 is 0 Å². The number of anilines is 1. The molecule has 0 saturated heterocycles. The summed E-state index contributed by atoms with van der Waals surface area (Å²) >= 11 is 0. The second-order valence-corrected chi connectivity index (χ2v) is 6.23. The van der Waals surface area contributed by atoms with Crippen molar-refractivity contribution in [2.75, 3.05) is 11.9 Å². The summed E-state index contributed by atoms with van der Waals surface area (Å²) in [5.41, 5.74) is 5.04. The predicted octanol–water partition coefficient (Wildman–Crippen LogP) is 4.37. The van der Waals surface area contributed by atoms with E-state index in [9.17, 15) is 4.79 Å². The van der Waals surface area contributed by atoms with Gasteiger partial charge in [0, 0.05) is 12.7 Å². The van der Waals surface area contributed by atoms with E-state index in [1.165, 1.54) is 0 Å². The van der Waals surface area contributed by atoms with Gasteiger partial charge in [0.2, 0.25) is 5.91 Å². The van der Waals surface area contributed by atoms with E-state index in [1.54, 1.807) is 18.3 Å². The zero-order valence-electron chi connectivity index (χ0n) is 14.5. The van der Waals surface area contributed by atoms with Crippen molar-refractivity contribution < 1.29 is 4.79 Å². The molecule has 0 aliphatic rings. The second kappa shape index (κ2) is 6.84. The third kappa shape index (κ3) is 3.09. The Balaban J connectivity index is 1.51. The lowest BCUT2D eigenvalue weighted by atomic mass is 10.1. The molecule has 0 spiro atoms. The summed E-state index contributed by atoms with van der Waals surface area (Å²) in [5, 5.41) is 0. The molecule has 0 aliphatic heterocycles. The number of benzene rings is 3. The standard InChI is InChI=1S/C22H19N3O/c1-24(19-13-11-18(12-14-19)17-7-3-2-4-8-17)22(26)15-25-16-23-20-9-5-6-10-21(20)25/h2-14,16H,15H2,1H3. The highest BCUT2D eigenvalue weighted by atomic mass is 16.2. The van der Waals surface area contributed by atoms with Crippen LogP contribution in [0.2, 0.25) is 0 Å².